The molecule has 1 saturated carbocycles. The fourth-order valence-corrected chi connectivity index (χ4v) is 6.52. The van der Waals surface area contributed by atoms with Crippen molar-refractivity contribution < 1.29 is 34.8 Å². The zero-order valence-corrected chi connectivity index (χ0v) is 22.9. The van der Waals surface area contributed by atoms with Crippen LogP contribution < -0.4 is 10.1 Å². The number of carbonyl (C=O) groups is 2. The molecule has 2 fully saturated rings. The van der Waals surface area contributed by atoms with Crippen molar-refractivity contribution in [2.45, 2.75) is 94.8 Å². The molecule has 0 radical (unpaired) electrons. The van der Waals surface area contributed by atoms with Gasteiger partial charge in [-0.25, -0.2) is 0 Å². The first-order valence-electron chi connectivity index (χ1n) is 14.4. The fourth-order valence-electron chi connectivity index (χ4n) is 6.52. The second-order valence-corrected chi connectivity index (χ2v) is 11.6. The smallest absolute Gasteiger partial charge is 0.160 e. The minimum absolute atomic E-state index is 0.0515. The number of fused-ring (bicyclic) bond motifs is 2. The molecule has 1 aromatic carbocycles. The molecule has 2 aliphatic carbocycles. The van der Waals surface area contributed by atoms with E-state index >= 15 is 0 Å². The number of aryl methyl sites for hydroxylation is 1. The summed E-state index contributed by atoms with van der Waals surface area (Å²) in [5.41, 5.74) is 1.49. The number of rotatable bonds is 10. The maximum Gasteiger partial charge on any atom is 0.160 e. The molecule has 3 aliphatic rings. The Morgan fingerprint density at radius 2 is 1.95 bits per heavy atom. The Morgan fingerprint density at radius 3 is 2.72 bits per heavy atom. The van der Waals surface area contributed by atoms with E-state index < -0.39 is 30.7 Å². The van der Waals surface area contributed by atoms with E-state index in [1.807, 2.05) is 0 Å². The van der Waals surface area contributed by atoms with E-state index in [9.17, 15) is 30.0 Å². The van der Waals surface area contributed by atoms with Crippen LogP contribution in [0.4, 0.5) is 0 Å². The lowest BCUT2D eigenvalue weighted by Crippen LogP contribution is -2.48. The molecule has 1 heterocycles. The molecule has 214 valence electrons. The van der Waals surface area contributed by atoms with Gasteiger partial charge in [0, 0.05) is 31.2 Å². The highest BCUT2D eigenvalue weighted by Gasteiger charge is 2.34. The minimum Gasteiger partial charge on any atom is -0.504 e. The van der Waals surface area contributed by atoms with E-state index in [-0.39, 0.29) is 24.4 Å². The van der Waals surface area contributed by atoms with Crippen LogP contribution in [0.15, 0.2) is 12.1 Å². The van der Waals surface area contributed by atoms with Gasteiger partial charge in [-0.05, 0) is 80.2 Å². The quantitative estimate of drug-likeness (QED) is 0.225. The largest absolute Gasteiger partial charge is 0.504 e. The van der Waals surface area contributed by atoms with Crippen LogP contribution in [-0.4, -0.2) is 70.5 Å². The summed E-state index contributed by atoms with van der Waals surface area (Å²) in [6, 6.07) is 3.60. The highest BCUT2D eigenvalue weighted by atomic mass is 16.5. The predicted molar refractivity (Wildman–Crippen MR) is 146 cm³/mol. The number of hydrogen-bond donors (Lipinski definition) is 5. The Labute approximate surface area is 231 Å². The van der Waals surface area contributed by atoms with Gasteiger partial charge < -0.3 is 30.5 Å². The van der Waals surface area contributed by atoms with E-state index in [0.29, 0.717) is 60.7 Å². The number of phenols is 1. The lowest BCUT2D eigenvalue weighted by atomic mass is 9.74. The van der Waals surface area contributed by atoms with Gasteiger partial charge in [0.1, 0.15) is 11.7 Å². The van der Waals surface area contributed by atoms with Gasteiger partial charge >= 0.3 is 0 Å². The lowest BCUT2D eigenvalue weighted by Gasteiger charge is -2.39. The van der Waals surface area contributed by atoms with Gasteiger partial charge in [-0.3, -0.25) is 9.59 Å². The number of phenolic OH excluding ortho intramolecular Hbond substituents is 1. The number of aliphatic hydroxyl groups is 3. The molecule has 1 aromatic rings. The third kappa shape index (κ3) is 7.61. The first kappa shape index (κ1) is 29.5. The second kappa shape index (κ2) is 13.8. The summed E-state index contributed by atoms with van der Waals surface area (Å²) >= 11 is 0. The van der Waals surface area contributed by atoms with Crippen molar-refractivity contribution >= 4 is 11.6 Å². The zero-order chi connectivity index (χ0) is 27.9. The van der Waals surface area contributed by atoms with Gasteiger partial charge in [0.2, 0.25) is 0 Å². The number of aromatic hydroxyl groups is 1. The molecule has 4 rings (SSSR count). The second-order valence-electron chi connectivity index (χ2n) is 11.6. The first-order valence-corrected chi connectivity index (χ1v) is 14.4. The van der Waals surface area contributed by atoms with Crippen molar-refractivity contribution in [2.75, 3.05) is 20.3 Å². The molecule has 8 heteroatoms. The van der Waals surface area contributed by atoms with Gasteiger partial charge in [0.25, 0.3) is 0 Å². The molecule has 0 aromatic heterocycles. The van der Waals surface area contributed by atoms with Crippen LogP contribution in [0.2, 0.25) is 0 Å². The molecule has 1 saturated heterocycles. The molecule has 39 heavy (non-hydrogen) atoms. The summed E-state index contributed by atoms with van der Waals surface area (Å²) in [5, 5.41) is 44.5. The number of carbonyl (C=O) groups excluding carboxylic acids is 2. The maximum atomic E-state index is 13.1. The fraction of sp³-hybridized carbons (Fsp3) is 0.677. The summed E-state index contributed by atoms with van der Waals surface area (Å²) in [6.07, 6.45) is 5.68. The molecule has 7 atom stereocenters. The number of hydrogen-bond acceptors (Lipinski definition) is 8. The Bertz CT molecular complexity index is 1080. The van der Waals surface area contributed by atoms with Crippen LogP contribution in [-0.2, 0) is 16.0 Å². The number of ketones is 2. The highest BCUT2D eigenvalue weighted by Crippen LogP contribution is 2.37. The van der Waals surface area contributed by atoms with Crippen molar-refractivity contribution in [3.63, 3.8) is 0 Å². The number of aliphatic hydroxyl groups excluding tert-OH is 3. The summed E-state index contributed by atoms with van der Waals surface area (Å²) in [4.78, 5) is 24.9. The lowest BCUT2D eigenvalue weighted by molar-refractivity contribution is -0.124. The molecular weight excluding hydrogens is 498 g/mol. The first-order chi connectivity index (χ1) is 18.8. The van der Waals surface area contributed by atoms with Crippen LogP contribution in [0.1, 0.15) is 81.3 Å². The Morgan fingerprint density at radius 1 is 1.13 bits per heavy atom. The average Bonchev–Trinajstić information content (AvgIpc) is 2.99. The van der Waals surface area contributed by atoms with Gasteiger partial charge in [0.15, 0.2) is 17.3 Å². The van der Waals surface area contributed by atoms with Crippen molar-refractivity contribution in [3.8, 4) is 23.3 Å². The summed E-state index contributed by atoms with van der Waals surface area (Å²) in [6.45, 7) is 0.516. The summed E-state index contributed by atoms with van der Waals surface area (Å²) in [7, 11) is 1.46. The zero-order valence-electron chi connectivity index (χ0n) is 22.9. The number of piperidine rings is 1. The van der Waals surface area contributed by atoms with Crippen LogP contribution >= 0.6 is 0 Å². The van der Waals surface area contributed by atoms with Crippen LogP contribution in [0.3, 0.4) is 0 Å². The van der Waals surface area contributed by atoms with Crippen molar-refractivity contribution in [3.05, 3.63) is 23.3 Å². The van der Waals surface area contributed by atoms with Crippen molar-refractivity contribution in [1.82, 2.24) is 5.32 Å². The molecule has 8 nitrogen and oxygen atoms in total. The van der Waals surface area contributed by atoms with Crippen molar-refractivity contribution in [2.24, 2.45) is 17.8 Å². The third-order valence-corrected chi connectivity index (χ3v) is 8.80. The van der Waals surface area contributed by atoms with E-state index in [0.717, 1.165) is 44.2 Å². The number of benzene rings is 1. The standard InChI is InChI=1S/C31H43NO7/c1-39-31-14-21-8-11-29(37)25(10-7-20(13-24(35)18-33)26(21)16-30(31)38)28(36)5-3-2-4-19-12-22-6-9-23(34)15-27(22)32-17-19/h14,16,19-20,22,24-25,27-28,32-33,35-36,38H,2-6,8-9,11-13,15,17-18H2,1H3. The molecule has 0 bridgehead atoms. The van der Waals surface area contributed by atoms with Gasteiger partial charge in [-0.2, -0.15) is 0 Å². The molecule has 0 amide bonds. The van der Waals surface area contributed by atoms with E-state index in [2.05, 4.69) is 17.2 Å². The SMILES string of the molecule is COc1cc2c(cc1O)C(CC(O)CO)C#CC(C(O)CCCCC1CNC3CC(=O)CCC3C1)C(=O)CC2. The molecule has 7 unspecified atom stereocenters. The van der Waals surface area contributed by atoms with Crippen molar-refractivity contribution in [1.29, 1.82) is 0 Å². The topological polar surface area (TPSA) is 136 Å². The minimum atomic E-state index is -1.00. The van der Waals surface area contributed by atoms with Gasteiger partial charge in [-0.15, -0.1) is 0 Å². The number of methoxy groups -OCH3 is 1. The molecule has 5 N–H and O–H groups in total. The van der Waals surface area contributed by atoms with E-state index in [4.69, 9.17) is 4.74 Å². The monoisotopic (exact) mass is 541 g/mol. The van der Waals surface area contributed by atoms with E-state index in [1.54, 1.807) is 12.1 Å². The van der Waals surface area contributed by atoms with Crippen LogP contribution in [0.25, 0.3) is 0 Å². The summed E-state index contributed by atoms with van der Waals surface area (Å²) in [5.74, 6) is 6.43. The maximum absolute atomic E-state index is 13.1. The average molecular weight is 542 g/mol. The van der Waals surface area contributed by atoms with E-state index in [1.165, 1.54) is 7.11 Å². The predicted octanol–water partition coefficient (Wildman–Crippen LogP) is 2.63. The molecule has 0 spiro atoms. The van der Waals surface area contributed by atoms with Crippen LogP contribution in [0.5, 0.6) is 11.5 Å². The number of ether oxygens (including phenoxy) is 1. The van der Waals surface area contributed by atoms with Gasteiger partial charge in [0.05, 0.1) is 25.9 Å². The molecular formula is C31H43NO7. The summed E-state index contributed by atoms with van der Waals surface area (Å²) < 4.78 is 5.25. The van der Waals surface area contributed by atoms with Crippen LogP contribution in [0, 0.1) is 29.6 Å². The Kier molecular flexibility index (Phi) is 10.4. The van der Waals surface area contributed by atoms with Gasteiger partial charge in [-0.1, -0.05) is 24.7 Å². The number of nitrogens with one attached hydrogen (secondary N) is 1. The number of Topliss-reactive ketones (excluding diaryl/α,β-unsaturated/α-hetero) is 2. The molecule has 1 aliphatic heterocycles. The third-order valence-electron chi connectivity index (χ3n) is 8.80. The number of unbranched alkanes of at least 4 members (excludes halogenated alkanes) is 1. The highest BCUT2D eigenvalue weighted by molar-refractivity contribution is 5.85. The Hall–Kier alpha value is -2.44. The normalized spacial score (nSPS) is 28.6. The Balaban J connectivity index is 1.37.